The van der Waals surface area contributed by atoms with E-state index in [1.165, 1.54) is 6.92 Å². The molecule has 0 radical (unpaired) electrons. The molecule has 0 heterocycles. The van der Waals surface area contributed by atoms with E-state index in [1.807, 2.05) is 0 Å². The van der Waals surface area contributed by atoms with E-state index < -0.39 is 23.5 Å². The van der Waals surface area contributed by atoms with Crippen LogP contribution in [0, 0.1) is 17.6 Å². The van der Waals surface area contributed by atoms with Gasteiger partial charge in [0.05, 0.1) is 5.92 Å². The molecule has 0 amide bonds. The highest BCUT2D eigenvalue weighted by molar-refractivity contribution is 5.69. The molecule has 0 saturated carbocycles. The van der Waals surface area contributed by atoms with Gasteiger partial charge in [-0.15, -0.1) is 0 Å². The van der Waals surface area contributed by atoms with Crippen LogP contribution < -0.4 is 0 Å². The van der Waals surface area contributed by atoms with Crippen LogP contribution in [-0.4, -0.2) is 11.1 Å². The minimum atomic E-state index is -1.02. The number of aliphatic carboxylic acids is 1. The van der Waals surface area contributed by atoms with Crippen LogP contribution in [0.25, 0.3) is 0 Å². The number of carbonyl (C=O) groups is 1. The van der Waals surface area contributed by atoms with E-state index in [1.54, 1.807) is 0 Å². The zero-order valence-electron chi connectivity index (χ0n) is 7.63. The number of benzene rings is 1. The Morgan fingerprint density at radius 2 is 2.14 bits per heavy atom. The van der Waals surface area contributed by atoms with Gasteiger partial charge < -0.3 is 5.11 Å². The molecule has 1 aromatic rings. The smallest absolute Gasteiger partial charge is 0.306 e. The number of hydrogen-bond donors (Lipinski definition) is 1. The molecule has 0 spiro atoms. The van der Waals surface area contributed by atoms with E-state index in [9.17, 15) is 13.6 Å². The molecular weight excluding hydrogens is 190 g/mol. The summed E-state index contributed by atoms with van der Waals surface area (Å²) in [5, 5.41) is 8.59. The Kier molecular flexibility index (Phi) is 3.17. The highest BCUT2D eigenvalue weighted by atomic mass is 19.1. The Morgan fingerprint density at radius 3 is 2.71 bits per heavy atom. The molecule has 1 rings (SSSR count). The molecule has 0 unspecified atom stereocenters. The lowest BCUT2D eigenvalue weighted by Crippen LogP contribution is -2.13. The summed E-state index contributed by atoms with van der Waals surface area (Å²) < 4.78 is 25.7. The van der Waals surface area contributed by atoms with Gasteiger partial charge in [0.2, 0.25) is 0 Å². The fourth-order valence-corrected chi connectivity index (χ4v) is 1.12. The SMILES string of the molecule is C[C@H](Cc1cc(F)ccc1F)C(=O)O. The van der Waals surface area contributed by atoms with Crippen LogP contribution >= 0.6 is 0 Å². The summed E-state index contributed by atoms with van der Waals surface area (Å²) in [7, 11) is 0. The topological polar surface area (TPSA) is 37.3 Å². The van der Waals surface area contributed by atoms with Crippen molar-refractivity contribution in [2.75, 3.05) is 0 Å². The van der Waals surface area contributed by atoms with Crippen molar-refractivity contribution in [3.8, 4) is 0 Å². The molecule has 0 aliphatic heterocycles. The van der Waals surface area contributed by atoms with Crippen LogP contribution in [-0.2, 0) is 11.2 Å². The Bertz CT molecular complexity index is 350. The van der Waals surface area contributed by atoms with Gasteiger partial charge in [0.1, 0.15) is 11.6 Å². The van der Waals surface area contributed by atoms with Crippen molar-refractivity contribution in [1.82, 2.24) is 0 Å². The molecule has 0 aromatic heterocycles. The van der Waals surface area contributed by atoms with Gasteiger partial charge in [0, 0.05) is 0 Å². The summed E-state index contributed by atoms with van der Waals surface area (Å²) in [5.74, 6) is -2.86. The lowest BCUT2D eigenvalue weighted by molar-refractivity contribution is -0.141. The average Bonchev–Trinajstić information content (AvgIpc) is 2.11. The quantitative estimate of drug-likeness (QED) is 0.812. The Labute approximate surface area is 80.2 Å². The Hall–Kier alpha value is -1.45. The predicted molar refractivity (Wildman–Crippen MR) is 46.9 cm³/mol. The van der Waals surface area contributed by atoms with Crippen molar-refractivity contribution in [2.24, 2.45) is 5.92 Å². The third-order valence-electron chi connectivity index (χ3n) is 1.96. The van der Waals surface area contributed by atoms with E-state index in [2.05, 4.69) is 0 Å². The molecule has 1 aromatic carbocycles. The van der Waals surface area contributed by atoms with Gasteiger partial charge in [-0.2, -0.15) is 0 Å². The molecule has 14 heavy (non-hydrogen) atoms. The third kappa shape index (κ3) is 2.52. The number of carboxylic acids is 1. The van der Waals surface area contributed by atoms with Gasteiger partial charge in [0.15, 0.2) is 0 Å². The maximum Gasteiger partial charge on any atom is 0.306 e. The summed E-state index contributed by atoms with van der Waals surface area (Å²) >= 11 is 0. The van der Waals surface area contributed by atoms with Gasteiger partial charge in [-0.3, -0.25) is 4.79 Å². The monoisotopic (exact) mass is 200 g/mol. The van der Waals surface area contributed by atoms with Crippen LogP contribution in [0.2, 0.25) is 0 Å². The molecule has 0 aliphatic rings. The molecule has 2 nitrogen and oxygen atoms in total. The van der Waals surface area contributed by atoms with Crippen molar-refractivity contribution in [1.29, 1.82) is 0 Å². The molecule has 0 bridgehead atoms. The number of carboxylic acid groups (broad SMARTS) is 1. The minimum absolute atomic E-state index is 0.00106. The molecule has 1 N–H and O–H groups in total. The highest BCUT2D eigenvalue weighted by Gasteiger charge is 2.14. The first kappa shape index (κ1) is 10.6. The van der Waals surface area contributed by atoms with Crippen molar-refractivity contribution < 1.29 is 18.7 Å². The van der Waals surface area contributed by atoms with E-state index >= 15 is 0 Å². The normalized spacial score (nSPS) is 12.5. The lowest BCUT2D eigenvalue weighted by atomic mass is 10.0. The van der Waals surface area contributed by atoms with Crippen LogP contribution in [0.15, 0.2) is 18.2 Å². The average molecular weight is 200 g/mol. The molecule has 0 saturated heterocycles. The molecule has 1 atom stereocenters. The summed E-state index contributed by atoms with van der Waals surface area (Å²) in [4.78, 5) is 10.5. The second kappa shape index (κ2) is 4.17. The minimum Gasteiger partial charge on any atom is -0.481 e. The standard InChI is InChI=1S/C10H10F2O2/c1-6(10(13)14)4-7-5-8(11)2-3-9(7)12/h2-3,5-6H,4H2,1H3,(H,13,14)/t6-/m1/s1. The van der Waals surface area contributed by atoms with Crippen LogP contribution in [0.5, 0.6) is 0 Å². The number of hydrogen-bond acceptors (Lipinski definition) is 1. The van der Waals surface area contributed by atoms with Crippen molar-refractivity contribution in [2.45, 2.75) is 13.3 Å². The number of rotatable bonds is 3. The van der Waals surface area contributed by atoms with Crippen LogP contribution in [0.1, 0.15) is 12.5 Å². The van der Waals surface area contributed by atoms with Gasteiger partial charge in [-0.1, -0.05) is 6.92 Å². The molecule has 76 valence electrons. The maximum atomic E-state index is 13.0. The maximum absolute atomic E-state index is 13.0. The molecule has 0 aliphatic carbocycles. The van der Waals surface area contributed by atoms with Crippen molar-refractivity contribution in [3.63, 3.8) is 0 Å². The van der Waals surface area contributed by atoms with E-state index in [0.717, 1.165) is 18.2 Å². The van der Waals surface area contributed by atoms with Gasteiger partial charge in [-0.25, -0.2) is 8.78 Å². The first-order valence-corrected chi connectivity index (χ1v) is 4.17. The van der Waals surface area contributed by atoms with Crippen molar-refractivity contribution in [3.05, 3.63) is 35.4 Å². The van der Waals surface area contributed by atoms with Crippen LogP contribution in [0.4, 0.5) is 8.78 Å². The predicted octanol–water partition coefficient (Wildman–Crippen LogP) is 2.23. The van der Waals surface area contributed by atoms with Crippen LogP contribution in [0.3, 0.4) is 0 Å². The zero-order valence-corrected chi connectivity index (χ0v) is 7.63. The van der Waals surface area contributed by atoms with Gasteiger partial charge in [-0.05, 0) is 30.2 Å². The summed E-state index contributed by atoms with van der Waals surface area (Å²) in [6.45, 7) is 1.45. The first-order chi connectivity index (χ1) is 6.50. The second-order valence-corrected chi connectivity index (χ2v) is 3.18. The fraction of sp³-hybridized carbons (Fsp3) is 0.300. The molecule has 4 heteroatoms. The molecular formula is C10H10F2O2. The summed E-state index contributed by atoms with van der Waals surface area (Å²) in [5.41, 5.74) is 0.0971. The van der Waals surface area contributed by atoms with E-state index in [-0.39, 0.29) is 12.0 Å². The summed E-state index contributed by atoms with van der Waals surface area (Å²) in [6.07, 6.45) is -0.00106. The summed E-state index contributed by atoms with van der Waals surface area (Å²) in [6, 6.07) is 3.03. The molecule has 0 fully saturated rings. The first-order valence-electron chi connectivity index (χ1n) is 4.17. The van der Waals surface area contributed by atoms with Gasteiger partial charge in [0.25, 0.3) is 0 Å². The Morgan fingerprint density at radius 1 is 1.50 bits per heavy atom. The zero-order chi connectivity index (χ0) is 10.7. The lowest BCUT2D eigenvalue weighted by Gasteiger charge is -2.06. The van der Waals surface area contributed by atoms with E-state index in [0.29, 0.717) is 0 Å². The highest BCUT2D eigenvalue weighted by Crippen LogP contribution is 2.14. The fourth-order valence-electron chi connectivity index (χ4n) is 1.12. The van der Waals surface area contributed by atoms with Crippen molar-refractivity contribution >= 4 is 5.97 Å². The number of halogens is 2. The largest absolute Gasteiger partial charge is 0.481 e. The van der Waals surface area contributed by atoms with E-state index in [4.69, 9.17) is 5.11 Å². The third-order valence-corrected chi connectivity index (χ3v) is 1.96. The Balaban J connectivity index is 2.85. The second-order valence-electron chi connectivity index (χ2n) is 3.18. The van der Waals surface area contributed by atoms with Gasteiger partial charge >= 0.3 is 5.97 Å².